The molecule has 0 aliphatic rings. The molecule has 1 aromatic heterocycles. The van der Waals surface area contributed by atoms with Crippen LogP contribution in [0, 0.1) is 5.41 Å². The van der Waals surface area contributed by atoms with Gasteiger partial charge < -0.3 is 0 Å². The van der Waals surface area contributed by atoms with Crippen molar-refractivity contribution in [3.63, 3.8) is 0 Å². The molecular formula is C11H19BrN2O2S. The smallest absolute Gasteiger partial charge is 0.182 e. The highest BCUT2D eigenvalue weighted by Gasteiger charge is 2.27. The van der Waals surface area contributed by atoms with E-state index in [1.807, 2.05) is 6.92 Å². The lowest BCUT2D eigenvalue weighted by Crippen LogP contribution is -2.22. The monoisotopic (exact) mass is 322 g/mol. The van der Waals surface area contributed by atoms with Gasteiger partial charge in [0.1, 0.15) is 9.50 Å². The van der Waals surface area contributed by atoms with Crippen LogP contribution in [0.4, 0.5) is 0 Å². The molecule has 0 saturated heterocycles. The quantitative estimate of drug-likeness (QED) is 0.859. The number of nitrogens with zero attached hydrogens (tertiary/aromatic N) is 2. The van der Waals surface area contributed by atoms with Gasteiger partial charge in [-0.15, -0.1) is 0 Å². The lowest BCUT2D eigenvalue weighted by atomic mass is 9.88. The highest BCUT2D eigenvalue weighted by molar-refractivity contribution is 9.10. The van der Waals surface area contributed by atoms with Crippen molar-refractivity contribution in [1.82, 2.24) is 9.78 Å². The van der Waals surface area contributed by atoms with Crippen molar-refractivity contribution < 1.29 is 8.42 Å². The fourth-order valence-electron chi connectivity index (χ4n) is 1.33. The van der Waals surface area contributed by atoms with Gasteiger partial charge in [-0.2, -0.15) is 5.10 Å². The van der Waals surface area contributed by atoms with Crippen molar-refractivity contribution in [3.05, 3.63) is 10.8 Å². The summed E-state index contributed by atoms with van der Waals surface area (Å²) < 4.78 is 25.9. The minimum absolute atomic E-state index is 0.0157. The maximum Gasteiger partial charge on any atom is 0.182 e. The van der Waals surface area contributed by atoms with Crippen LogP contribution in [0.5, 0.6) is 0 Å². The molecule has 0 aliphatic carbocycles. The molecule has 1 atom stereocenters. The lowest BCUT2D eigenvalue weighted by Gasteiger charge is -2.28. The standard InChI is InChI=1S/C11H19BrN2O2S/c1-6-17(15,16)9-7-13-14(10(9)12)8(2)11(3,4)5/h7-8H,6H2,1-5H3. The number of hydrogen-bond acceptors (Lipinski definition) is 3. The van der Waals surface area contributed by atoms with Gasteiger partial charge in [-0.1, -0.05) is 27.7 Å². The number of aromatic nitrogens is 2. The summed E-state index contributed by atoms with van der Waals surface area (Å²) in [7, 11) is -3.22. The number of sulfone groups is 1. The molecule has 1 aromatic rings. The highest BCUT2D eigenvalue weighted by Crippen LogP contribution is 2.34. The molecule has 6 heteroatoms. The molecule has 98 valence electrons. The minimum Gasteiger partial charge on any atom is -0.254 e. The molecule has 0 saturated carbocycles. The molecule has 4 nitrogen and oxygen atoms in total. The van der Waals surface area contributed by atoms with Crippen molar-refractivity contribution >= 4 is 25.8 Å². The summed E-state index contributed by atoms with van der Waals surface area (Å²) in [5.41, 5.74) is 0.0157. The van der Waals surface area contributed by atoms with Gasteiger partial charge >= 0.3 is 0 Å². The predicted molar refractivity (Wildman–Crippen MR) is 71.8 cm³/mol. The van der Waals surface area contributed by atoms with Crippen LogP contribution < -0.4 is 0 Å². The minimum atomic E-state index is -3.22. The topological polar surface area (TPSA) is 52.0 Å². The fraction of sp³-hybridized carbons (Fsp3) is 0.727. The molecule has 0 spiro atoms. The second kappa shape index (κ2) is 4.72. The van der Waals surface area contributed by atoms with Crippen molar-refractivity contribution in [3.8, 4) is 0 Å². The van der Waals surface area contributed by atoms with Gasteiger partial charge in [0.25, 0.3) is 0 Å². The molecule has 0 amide bonds. The Morgan fingerprint density at radius 1 is 1.47 bits per heavy atom. The molecule has 1 heterocycles. The number of hydrogen-bond donors (Lipinski definition) is 0. The van der Waals surface area contributed by atoms with Crippen LogP contribution in [0.1, 0.15) is 40.7 Å². The summed E-state index contributed by atoms with van der Waals surface area (Å²) in [6, 6.07) is 0.109. The highest BCUT2D eigenvalue weighted by atomic mass is 79.9. The Labute approximate surface area is 111 Å². The van der Waals surface area contributed by atoms with Crippen LogP contribution in [0.3, 0.4) is 0 Å². The third-order valence-corrected chi connectivity index (χ3v) is 5.82. The van der Waals surface area contributed by atoms with E-state index >= 15 is 0 Å². The van der Waals surface area contributed by atoms with E-state index in [1.165, 1.54) is 6.20 Å². The normalized spacial score (nSPS) is 14.9. The van der Waals surface area contributed by atoms with Crippen LogP contribution in [0.25, 0.3) is 0 Å². The summed E-state index contributed by atoms with van der Waals surface area (Å²) in [5, 5.41) is 4.19. The third kappa shape index (κ3) is 2.91. The molecule has 1 rings (SSSR count). The molecule has 0 bridgehead atoms. The summed E-state index contributed by atoms with van der Waals surface area (Å²) in [6.07, 6.45) is 1.42. The largest absolute Gasteiger partial charge is 0.254 e. The molecule has 0 aromatic carbocycles. The van der Waals surface area contributed by atoms with E-state index in [9.17, 15) is 8.42 Å². The van der Waals surface area contributed by atoms with Gasteiger partial charge in [-0.3, -0.25) is 4.68 Å². The van der Waals surface area contributed by atoms with Gasteiger partial charge in [0.2, 0.25) is 0 Å². The Kier molecular flexibility index (Phi) is 4.08. The van der Waals surface area contributed by atoms with Gasteiger partial charge in [0, 0.05) is 0 Å². The zero-order chi connectivity index (χ0) is 13.4. The van der Waals surface area contributed by atoms with Gasteiger partial charge in [-0.25, -0.2) is 8.42 Å². The zero-order valence-corrected chi connectivity index (χ0v) is 13.3. The first kappa shape index (κ1) is 14.7. The second-order valence-corrected chi connectivity index (χ2v) is 8.19. The SMILES string of the molecule is CCS(=O)(=O)c1cnn(C(C)C(C)(C)C)c1Br. The van der Waals surface area contributed by atoms with E-state index < -0.39 is 9.84 Å². The van der Waals surface area contributed by atoms with Crippen molar-refractivity contribution in [2.24, 2.45) is 5.41 Å². The summed E-state index contributed by atoms with van der Waals surface area (Å²) >= 11 is 3.34. The van der Waals surface area contributed by atoms with E-state index in [4.69, 9.17) is 0 Å². The van der Waals surface area contributed by atoms with Crippen LogP contribution >= 0.6 is 15.9 Å². The van der Waals surface area contributed by atoms with Crippen molar-refractivity contribution in [2.75, 3.05) is 5.75 Å². The van der Waals surface area contributed by atoms with Crippen molar-refractivity contribution in [1.29, 1.82) is 0 Å². The van der Waals surface area contributed by atoms with Crippen molar-refractivity contribution in [2.45, 2.75) is 45.6 Å². The Morgan fingerprint density at radius 3 is 2.41 bits per heavy atom. The van der Waals surface area contributed by atoms with Crippen LogP contribution in [0.15, 0.2) is 15.7 Å². The number of rotatable bonds is 3. The second-order valence-electron chi connectivity index (χ2n) is 5.19. The van der Waals surface area contributed by atoms with E-state index in [1.54, 1.807) is 11.6 Å². The first-order chi connectivity index (χ1) is 7.61. The van der Waals surface area contributed by atoms with Crippen LogP contribution in [0.2, 0.25) is 0 Å². The predicted octanol–water partition coefficient (Wildman–Crippen LogP) is 3.05. The van der Waals surface area contributed by atoms with Gasteiger partial charge in [-0.05, 0) is 28.3 Å². The Hall–Kier alpha value is -0.360. The maximum absolute atomic E-state index is 11.8. The lowest BCUT2D eigenvalue weighted by molar-refractivity contribution is 0.241. The molecule has 1 unspecified atom stereocenters. The average molecular weight is 323 g/mol. The van der Waals surface area contributed by atoms with Crippen LogP contribution in [-0.2, 0) is 9.84 Å². The molecule has 0 fully saturated rings. The zero-order valence-electron chi connectivity index (χ0n) is 10.9. The maximum atomic E-state index is 11.8. The molecule has 0 N–H and O–H groups in total. The van der Waals surface area contributed by atoms with E-state index in [0.29, 0.717) is 4.60 Å². The summed E-state index contributed by atoms with van der Waals surface area (Å²) in [4.78, 5) is 0.274. The molecular weight excluding hydrogens is 304 g/mol. The van der Waals surface area contributed by atoms with Gasteiger partial charge in [0.15, 0.2) is 9.84 Å². The van der Waals surface area contributed by atoms with Crippen LogP contribution in [-0.4, -0.2) is 24.0 Å². The Bertz CT molecular complexity index is 500. The van der Waals surface area contributed by atoms with Gasteiger partial charge in [0.05, 0.1) is 18.0 Å². The first-order valence-electron chi connectivity index (χ1n) is 5.57. The molecule has 0 aliphatic heterocycles. The Balaban J connectivity index is 3.26. The average Bonchev–Trinajstić information content (AvgIpc) is 2.58. The van der Waals surface area contributed by atoms with E-state index in [2.05, 4.69) is 41.8 Å². The number of halogens is 1. The fourth-order valence-corrected chi connectivity index (χ4v) is 3.44. The first-order valence-corrected chi connectivity index (χ1v) is 8.01. The summed E-state index contributed by atoms with van der Waals surface area (Å²) in [5.74, 6) is 0.0845. The Morgan fingerprint density at radius 2 is 2.00 bits per heavy atom. The molecule has 0 radical (unpaired) electrons. The third-order valence-electron chi connectivity index (χ3n) is 3.04. The summed E-state index contributed by atoms with van der Waals surface area (Å²) in [6.45, 7) is 9.95. The van der Waals surface area contributed by atoms with E-state index in [-0.39, 0.29) is 22.1 Å². The van der Waals surface area contributed by atoms with E-state index in [0.717, 1.165) is 0 Å². The molecule has 17 heavy (non-hydrogen) atoms.